The smallest absolute Gasteiger partial charge is 0.135 e. The molecule has 6 heteroatoms. The molecule has 2 fully saturated rings. The standard InChI is InChI=1S/C11H14BrN3O2/c12-9-3-10(14-11(13-9)6-1-2-6)15-4-7(16)8(17)5-15/h3,6-8,16-17H,1-2,4-5H2. The molecule has 1 aliphatic carbocycles. The van der Waals surface area contributed by atoms with Crippen LogP contribution in [-0.4, -0.2) is 45.5 Å². The number of hydrogen-bond acceptors (Lipinski definition) is 5. The molecule has 2 heterocycles. The largest absolute Gasteiger partial charge is 0.389 e. The van der Waals surface area contributed by atoms with E-state index in [1.807, 2.05) is 11.0 Å². The molecule has 1 aromatic rings. The van der Waals surface area contributed by atoms with Gasteiger partial charge in [-0.3, -0.25) is 0 Å². The van der Waals surface area contributed by atoms with Crippen LogP contribution in [0.2, 0.25) is 0 Å². The highest BCUT2D eigenvalue weighted by Crippen LogP contribution is 2.39. The molecule has 0 aromatic carbocycles. The van der Waals surface area contributed by atoms with E-state index in [4.69, 9.17) is 0 Å². The molecule has 1 aromatic heterocycles. The molecule has 0 bridgehead atoms. The third-order valence-electron chi connectivity index (χ3n) is 3.22. The second-order valence-corrected chi connectivity index (χ2v) is 5.53. The van der Waals surface area contributed by atoms with Crippen molar-refractivity contribution in [2.24, 2.45) is 0 Å². The summed E-state index contributed by atoms with van der Waals surface area (Å²) >= 11 is 3.38. The molecule has 0 radical (unpaired) electrons. The Morgan fingerprint density at radius 2 is 1.82 bits per heavy atom. The van der Waals surface area contributed by atoms with Crippen molar-refractivity contribution in [2.75, 3.05) is 18.0 Å². The molecule has 1 aliphatic heterocycles. The third-order valence-corrected chi connectivity index (χ3v) is 3.63. The van der Waals surface area contributed by atoms with Gasteiger partial charge < -0.3 is 15.1 Å². The fourth-order valence-corrected chi connectivity index (χ4v) is 2.45. The summed E-state index contributed by atoms with van der Waals surface area (Å²) < 4.78 is 0.764. The van der Waals surface area contributed by atoms with Crippen LogP contribution in [0.1, 0.15) is 24.6 Å². The molecule has 1 saturated heterocycles. The van der Waals surface area contributed by atoms with Gasteiger partial charge in [0.1, 0.15) is 16.2 Å². The number of aromatic nitrogens is 2. The summed E-state index contributed by atoms with van der Waals surface area (Å²) in [7, 11) is 0. The van der Waals surface area contributed by atoms with Crippen molar-refractivity contribution in [2.45, 2.75) is 31.0 Å². The second kappa shape index (κ2) is 4.19. The first kappa shape index (κ1) is 11.4. The van der Waals surface area contributed by atoms with Gasteiger partial charge in [-0.25, -0.2) is 9.97 Å². The topological polar surface area (TPSA) is 69.5 Å². The molecule has 92 valence electrons. The number of aliphatic hydroxyl groups excluding tert-OH is 2. The normalized spacial score (nSPS) is 28.8. The zero-order chi connectivity index (χ0) is 12.0. The lowest BCUT2D eigenvalue weighted by molar-refractivity contribution is 0.0572. The van der Waals surface area contributed by atoms with Crippen LogP contribution in [0.3, 0.4) is 0 Å². The maximum absolute atomic E-state index is 9.54. The number of nitrogens with zero attached hydrogens (tertiary/aromatic N) is 3. The minimum Gasteiger partial charge on any atom is -0.389 e. The van der Waals surface area contributed by atoms with Gasteiger partial charge in [-0.2, -0.15) is 0 Å². The van der Waals surface area contributed by atoms with Crippen molar-refractivity contribution in [3.63, 3.8) is 0 Å². The van der Waals surface area contributed by atoms with Crippen LogP contribution in [0.25, 0.3) is 0 Å². The van der Waals surface area contributed by atoms with E-state index in [1.165, 1.54) is 0 Å². The lowest BCUT2D eigenvalue weighted by Gasteiger charge is -2.17. The fraction of sp³-hybridized carbons (Fsp3) is 0.636. The Labute approximate surface area is 108 Å². The Bertz CT molecular complexity index is 429. The highest BCUT2D eigenvalue weighted by molar-refractivity contribution is 9.10. The Morgan fingerprint density at radius 3 is 2.41 bits per heavy atom. The van der Waals surface area contributed by atoms with Crippen LogP contribution in [0.5, 0.6) is 0 Å². The van der Waals surface area contributed by atoms with E-state index in [-0.39, 0.29) is 0 Å². The number of β-amino-alcohol motifs (C(OH)–C–C–N with tert-alkyl or cyclic N) is 2. The lowest BCUT2D eigenvalue weighted by atomic mass is 10.3. The van der Waals surface area contributed by atoms with Crippen molar-refractivity contribution < 1.29 is 10.2 Å². The molecule has 0 spiro atoms. The Balaban J connectivity index is 1.87. The quantitative estimate of drug-likeness (QED) is 0.785. The number of aliphatic hydroxyl groups is 2. The number of hydrogen-bond donors (Lipinski definition) is 2. The maximum atomic E-state index is 9.54. The highest BCUT2D eigenvalue weighted by Gasteiger charge is 2.32. The first-order valence-corrected chi connectivity index (χ1v) is 6.58. The maximum Gasteiger partial charge on any atom is 0.135 e. The zero-order valence-corrected chi connectivity index (χ0v) is 10.8. The molecule has 5 nitrogen and oxygen atoms in total. The molecule has 1 saturated carbocycles. The van der Waals surface area contributed by atoms with E-state index in [9.17, 15) is 10.2 Å². The van der Waals surface area contributed by atoms with Gasteiger partial charge in [0.15, 0.2) is 0 Å². The third kappa shape index (κ3) is 2.29. The monoisotopic (exact) mass is 299 g/mol. The van der Waals surface area contributed by atoms with Gasteiger partial charge in [-0.1, -0.05) is 0 Å². The molecule has 2 N–H and O–H groups in total. The van der Waals surface area contributed by atoms with Crippen LogP contribution in [0, 0.1) is 0 Å². The van der Waals surface area contributed by atoms with Gasteiger partial charge in [0, 0.05) is 25.1 Å². The van der Waals surface area contributed by atoms with E-state index >= 15 is 0 Å². The second-order valence-electron chi connectivity index (χ2n) is 4.72. The molecular formula is C11H14BrN3O2. The van der Waals surface area contributed by atoms with E-state index in [1.54, 1.807) is 0 Å². The van der Waals surface area contributed by atoms with E-state index in [0.29, 0.717) is 19.0 Å². The molecule has 0 amide bonds. The molecule has 17 heavy (non-hydrogen) atoms. The van der Waals surface area contributed by atoms with Gasteiger partial charge in [0.2, 0.25) is 0 Å². The van der Waals surface area contributed by atoms with Crippen molar-refractivity contribution in [3.8, 4) is 0 Å². The summed E-state index contributed by atoms with van der Waals surface area (Å²) in [5.74, 6) is 2.14. The van der Waals surface area contributed by atoms with Gasteiger partial charge in [0.25, 0.3) is 0 Å². The summed E-state index contributed by atoms with van der Waals surface area (Å²) in [5, 5.41) is 19.1. The van der Waals surface area contributed by atoms with Crippen LogP contribution in [0.4, 0.5) is 5.82 Å². The highest BCUT2D eigenvalue weighted by atomic mass is 79.9. The first-order valence-electron chi connectivity index (χ1n) is 5.79. The number of anilines is 1. The predicted octanol–water partition coefficient (Wildman–Crippen LogP) is 0.658. The van der Waals surface area contributed by atoms with Gasteiger partial charge in [-0.15, -0.1) is 0 Å². The SMILES string of the molecule is OC1CN(c2cc(Br)nc(C3CC3)n2)CC1O. The minimum absolute atomic E-state index is 0.425. The average molecular weight is 300 g/mol. The summed E-state index contributed by atoms with van der Waals surface area (Å²) in [6, 6.07) is 1.83. The molecule has 2 aliphatic rings. The number of rotatable bonds is 2. The zero-order valence-electron chi connectivity index (χ0n) is 9.25. The van der Waals surface area contributed by atoms with Crippen LogP contribution >= 0.6 is 15.9 Å². The van der Waals surface area contributed by atoms with Crippen LogP contribution in [-0.2, 0) is 0 Å². The van der Waals surface area contributed by atoms with Gasteiger partial charge in [-0.05, 0) is 28.8 Å². The Kier molecular flexibility index (Phi) is 2.80. The van der Waals surface area contributed by atoms with E-state index in [0.717, 1.165) is 29.1 Å². The molecular weight excluding hydrogens is 286 g/mol. The Hall–Kier alpha value is -0.720. The van der Waals surface area contributed by atoms with Gasteiger partial charge in [0.05, 0.1) is 12.2 Å². The van der Waals surface area contributed by atoms with Crippen LogP contribution < -0.4 is 4.90 Å². The minimum atomic E-state index is -0.687. The summed E-state index contributed by atoms with van der Waals surface area (Å²) in [4.78, 5) is 10.8. The molecule has 3 rings (SSSR count). The number of halogens is 1. The lowest BCUT2D eigenvalue weighted by Crippen LogP contribution is -2.22. The van der Waals surface area contributed by atoms with Gasteiger partial charge >= 0.3 is 0 Å². The predicted molar refractivity (Wildman–Crippen MR) is 65.9 cm³/mol. The fourth-order valence-electron chi connectivity index (χ4n) is 2.07. The first-order chi connectivity index (χ1) is 8.13. The summed E-state index contributed by atoms with van der Waals surface area (Å²) in [5.41, 5.74) is 0. The van der Waals surface area contributed by atoms with Crippen molar-refractivity contribution in [1.82, 2.24) is 9.97 Å². The van der Waals surface area contributed by atoms with Crippen molar-refractivity contribution in [3.05, 3.63) is 16.5 Å². The van der Waals surface area contributed by atoms with Crippen molar-refractivity contribution in [1.29, 1.82) is 0 Å². The molecule has 2 atom stereocenters. The summed E-state index contributed by atoms with van der Waals surface area (Å²) in [6.07, 6.45) is 0.934. The van der Waals surface area contributed by atoms with E-state index < -0.39 is 12.2 Å². The summed E-state index contributed by atoms with van der Waals surface area (Å²) in [6.45, 7) is 0.851. The average Bonchev–Trinajstić information content (AvgIpc) is 3.06. The van der Waals surface area contributed by atoms with E-state index in [2.05, 4.69) is 25.9 Å². The molecule has 2 unspecified atom stereocenters. The van der Waals surface area contributed by atoms with Crippen molar-refractivity contribution >= 4 is 21.7 Å². The van der Waals surface area contributed by atoms with Crippen LogP contribution in [0.15, 0.2) is 10.7 Å². The Morgan fingerprint density at radius 1 is 1.18 bits per heavy atom.